The van der Waals surface area contributed by atoms with Crippen LogP contribution in [0.4, 0.5) is 5.69 Å². The molecule has 0 saturated heterocycles. The summed E-state index contributed by atoms with van der Waals surface area (Å²) >= 11 is 0. The molecule has 142 valence electrons. The molecule has 6 heteroatoms. The molecule has 1 aliphatic heterocycles. The highest BCUT2D eigenvalue weighted by atomic mass is 16.5. The molecule has 6 nitrogen and oxygen atoms in total. The van der Waals surface area contributed by atoms with Gasteiger partial charge in [-0.2, -0.15) is 0 Å². The van der Waals surface area contributed by atoms with Gasteiger partial charge < -0.3 is 24.5 Å². The largest absolute Gasteiger partial charge is 0.483 e. The molecule has 0 radical (unpaired) electrons. The van der Waals surface area contributed by atoms with Crippen molar-refractivity contribution in [3.63, 3.8) is 0 Å². The normalized spacial score (nSPS) is 20.9. The van der Waals surface area contributed by atoms with Crippen LogP contribution in [0.15, 0.2) is 18.2 Å². The zero-order chi connectivity index (χ0) is 18.7. The van der Waals surface area contributed by atoms with Gasteiger partial charge in [-0.05, 0) is 50.8 Å². The number of carbonyl (C=O) groups is 2. The molecule has 3 rings (SSSR count). The summed E-state index contributed by atoms with van der Waals surface area (Å²) in [5.74, 6) is 0.545. The molecule has 1 atom stereocenters. The van der Waals surface area contributed by atoms with E-state index in [2.05, 4.69) is 22.3 Å². The van der Waals surface area contributed by atoms with Crippen molar-refractivity contribution < 1.29 is 19.1 Å². The number of benzene rings is 1. The molecular formula is C20H28N2O4. The van der Waals surface area contributed by atoms with Crippen LogP contribution < -0.4 is 15.0 Å². The van der Waals surface area contributed by atoms with Gasteiger partial charge in [0.1, 0.15) is 23.7 Å². The number of aldehydes is 1. The average molecular weight is 360 g/mol. The van der Waals surface area contributed by atoms with E-state index in [-0.39, 0.29) is 5.97 Å². The molecule has 1 saturated carbocycles. The summed E-state index contributed by atoms with van der Waals surface area (Å²) in [6.07, 6.45) is 4.38. The van der Waals surface area contributed by atoms with Crippen LogP contribution >= 0.6 is 0 Å². The molecule has 0 amide bonds. The topological polar surface area (TPSA) is 67.9 Å². The fraction of sp³-hybridized carbons (Fsp3) is 0.600. The number of ether oxygens (including phenoxy) is 2. The Hall–Kier alpha value is -2.08. The van der Waals surface area contributed by atoms with E-state index in [1.807, 2.05) is 19.9 Å². The van der Waals surface area contributed by atoms with Crippen LogP contribution in [-0.2, 0) is 20.9 Å². The minimum Gasteiger partial charge on any atom is -0.483 e. The van der Waals surface area contributed by atoms with E-state index in [9.17, 15) is 9.59 Å². The Balaban J connectivity index is 1.81. The van der Waals surface area contributed by atoms with E-state index in [0.29, 0.717) is 25.4 Å². The maximum absolute atomic E-state index is 11.8. The smallest absolute Gasteiger partial charge is 0.305 e. The lowest BCUT2D eigenvalue weighted by molar-refractivity contribution is -0.140. The van der Waals surface area contributed by atoms with Crippen LogP contribution in [-0.4, -0.2) is 43.6 Å². The third-order valence-electron chi connectivity index (χ3n) is 5.06. The molecule has 2 aliphatic rings. The second-order valence-corrected chi connectivity index (χ2v) is 7.62. The van der Waals surface area contributed by atoms with E-state index in [1.165, 1.54) is 25.5 Å². The number of anilines is 1. The van der Waals surface area contributed by atoms with Crippen LogP contribution in [0.2, 0.25) is 0 Å². The lowest BCUT2D eigenvalue weighted by Crippen LogP contribution is -2.57. The number of hydrogen-bond donors (Lipinski definition) is 1. The Bertz CT molecular complexity index is 670. The lowest BCUT2D eigenvalue weighted by atomic mass is 9.94. The summed E-state index contributed by atoms with van der Waals surface area (Å²) in [5.41, 5.74) is 1.45. The number of rotatable bonds is 8. The summed E-state index contributed by atoms with van der Waals surface area (Å²) < 4.78 is 10.8. The van der Waals surface area contributed by atoms with Gasteiger partial charge in [-0.25, -0.2) is 0 Å². The van der Waals surface area contributed by atoms with Crippen LogP contribution in [0.1, 0.15) is 45.1 Å². The predicted octanol–water partition coefficient (Wildman–Crippen LogP) is 2.44. The highest BCUT2D eigenvalue weighted by Crippen LogP contribution is 2.40. The average Bonchev–Trinajstić information content (AvgIpc) is 3.43. The summed E-state index contributed by atoms with van der Waals surface area (Å²) in [6.45, 7) is 5.25. The number of nitrogens with one attached hydrogen (secondary N) is 1. The van der Waals surface area contributed by atoms with Gasteiger partial charge >= 0.3 is 5.97 Å². The maximum atomic E-state index is 11.8. The number of nitrogens with zero attached hydrogens (tertiary/aromatic N) is 1. The highest BCUT2D eigenvalue weighted by molar-refractivity contribution is 5.74. The fourth-order valence-corrected chi connectivity index (χ4v) is 3.39. The Morgan fingerprint density at radius 1 is 1.42 bits per heavy atom. The molecular weight excluding hydrogens is 332 g/mol. The summed E-state index contributed by atoms with van der Waals surface area (Å²) in [5, 5.41) is 3.51. The molecule has 0 spiro atoms. The van der Waals surface area contributed by atoms with E-state index < -0.39 is 11.6 Å². The minimum atomic E-state index is -0.631. The third kappa shape index (κ3) is 4.18. The molecule has 1 aliphatic carbocycles. The van der Waals surface area contributed by atoms with Crippen molar-refractivity contribution in [2.24, 2.45) is 0 Å². The van der Waals surface area contributed by atoms with Crippen molar-refractivity contribution in [2.45, 2.75) is 63.8 Å². The summed E-state index contributed by atoms with van der Waals surface area (Å²) in [4.78, 5) is 25.3. The maximum Gasteiger partial charge on any atom is 0.305 e. The number of fused-ring (bicyclic) bond motifs is 1. The van der Waals surface area contributed by atoms with Crippen LogP contribution in [0.3, 0.4) is 0 Å². The molecule has 1 unspecified atom stereocenters. The quantitative estimate of drug-likeness (QED) is 0.567. The molecule has 1 heterocycles. The van der Waals surface area contributed by atoms with E-state index in [0.717, 1.165) is 24.3 Å². The predicted molar refractivity (Wildman–Crippen MR) is 99.5 cm³/mol. The monoisotopic (exact) mass is 360 g/mol. The summed E-state index contributed by atoms with van der Waals surface area (Å²) in [7, 11) is 1.39. The highest BCUT2D eigenvalue weighted by Gasteiger charge is 2.41. The van der Waals surface area contributed by atoms with E-state index in [1.54, 1.807) is 0 Å². The van der Waals surface area contributed by atoms with E-state index in [4.69, 9.17) is 9.47 Å². The van der Waals surface area contributed by atoms with Crippen molar-refractivity contribution >= 4 is 17.9 Å². The first kappa shape index (κ1) is 18.7. The third-order valence-corrected chi connectivity index (χ3v) is 5.06. The minimum absolute atomic E-state index is 0.234. The first-order chi connectivity index (χ1) is 12.4. The lowest BCUT2D eigenvalue weighted by Gasteiger charge is -2.45. The van der Waals surface area contributed by atoms with Crippen molar-refractivity contribution in [2.75, 3.05) is 18.6 Å². The molecule has 1 N–H and O–H groups in total. The Morgan fingerprint density at radius 2 is 2.19 bits per heavy atom. The van der Waals surface area contributed by atoms with Gasteiger partial charge in [-0.1, -0.05) is 6.07 Å². The molecule has 26 heavy (non-hydrogen) atoms. The first-order valence-electron chi connectivity index (χ1n) is 9.28. The molecule has 1 fully saturated rings. The second kappa shape index (κ2) is 7.66. The second-order valence-electron chi connectivity index (χ2n) is 7.62. The first-order valence-corrected chi connectivity index (χ1v) is 9.28. The van der Waals surface area contributed by atoms with Gasteiger partial charge in [-0.3, -0.25) is 4.79 Å². The number of esters is 1. The van der Waals surface area contributed by atoms with Crippen LogP contribution in [0.25, 0.3) is 0 Å². The molecule has 1 aromatic carbocycles. The molecule has 1 aromatic rings. The Kier molecular flexibility index (Phi) is 5.51. The van der Waals surface area contributed by atoms with Crippen molar-refractivity contribution in [3.05, 3.63) is 23.8 Å². The fourth-order valence-electron chi connectivity index (χ4n) is 3.39. The number of methoxy groups -OCH3 is 1. The van der Waals surface area contributed by atoms with Gasteiger partial charge in [0.25, 0.3) is 0 Å². The van der Waals surface area contributed by atoms with Gasteiger partial charge in [0, 0.05) is 25.6 Å². The van der Waals surface area contributed by atoms with Gasteiger partial charge in [0.2, 0.25) is 0 Å². The SMILES string of the molecule is COC(=O)CCCN1c2cc(CNC3CC3)ccc2OC(C)(C)C1C=O. The van der Waals surface area contributed by atoms with Gasteiger partial charge in [0.15, 0.2) is 0 Å². The molecule has 0 bridgehead atoms. The van der Waals surface area contributed by atoms with Gasteiger partial charge in [-0.15, -0.1) is 0 Å². The zero-order valence-electron chi connectivity index (χ0n) is 15.8. The van der Waals surface area contributed by atoms with E-state index >= 15 is 0 Å². The standard InChI is InChI=1S/C20H28N2O4/c1-20(2)18(13-23)22(10-4-5-19(24)25-3)16-11-14(6-9-17(16)26-20)12-21-15-7-8-15/h6,9,11,13,15,18,21H,4-5,7-8,10,12H2,1-3H3. The van der Waals surface area contributed by atoms with Crippen LogP contribution in [0, 0.1) is 0 Å². The van der Waals surface area contributed by atoms with Crippen molar-refractivity contribution in [1.82, 2.24) is 5.32 Å². The number of hydrogen-bond acceptors (Lipinski definition) is 6. The number of carbonyl (C=O) groups excluding carboxylic acids is 2. The molecule has 0 aromatic heterocycles. The zero-order valence-corrected chi connectivity index (χ0v) is 15.8. The Labute approximate surface area is 154 Å². The summed E-state index contributed by atoms with van der Waals surface area (Å²) in [6, 6.07) is 6.38. The van der Waals surface area contributed by atoms with Crippen molar-refractivity contribution in [1.29, 1.82) is 0 Å². The van der Waals surface area contributed by atoms with Gasteiger partial charge in [0.05, 0.1) is 12.8 Å². The Morgan fingerprint density at radius 3 is 2.85 bits per heavy atom. The van der Waals surface area contributed by atoms with Crippen LogP contribution in [0.5, 0.6) is 5.75 Å². The van der Waals surface area contributed by atoms with Crippen molar-refractivity contribution in [3.8, 4) is 5.75 Å².